The van der Waals surface area contributed by atoms with Crippen molar-refractivity contribution in [2.45, 2.75) is 50.8 Å². The van der Waals surface area contributed by atoms with Crippen LogP contribution >= 0.6 is 0 Å². The highest BCUT2D eigenvalue weighted by Gasteiger charge is 2.29. The number of imide groups is 1. The van der Waals surface area contributed by atoms with Crippen molar-refractivity contribution in [1.29, 1.82) is 0 Å². The van der Waals surface area contributed by atoms with Crippen LogP contribution in [0.4, 0.5) is 26.0 Å². The minimum atomic E-state index is -3.99. The second-order valence-electron chi connectivity index (χ2n) is 15.3. The van der Waals surface area contributed by atoms with Gasteiger partial charge in [-0.3, -0.25) is 34.0 Å². The number of sulfonamides is 1. The lowest BCUT2D eigenvalue weighted by Gasteiger charge is -2.36. The number of ketones is 1. The molecule has 2 saturated heterocycles. The van der Waals surface area contributed by atoms with Crippen molar-refractivity contribution in [3.63, 3.8) is 0 Å². The van der Waals surface area contributed by atoms with Crippen molar-refractivity contribution >= 4 is 67.7 Å². The van der Waals surface area contributed by atoms with E-state index in [9.17, 15) is 32.4 Å². The molecule has 4 N–H and O–H groups in total. The minimum Gasteiger partial charge on any atom is -0.374 e. The molecule has 19 heteroatoms. The van der Waals surface area contributed by atoms with Gasteiger partial charge in [-0.15, -0.1) is 0 Å². The van der Waals surface area contributed by atoms with E-state index >= 15 is 8.78 Å². The third kappa shape index (κ3) is 9.41. The van der Waals surface area contributed by atoms with Crippen molar-refractivity contribution < 1.29 is 41.2 Å². The van der Waals surface area contributed by atoms with Gasteiger partial charge in [0.05, 0.1) is 29.5 Å². The summed E-state index contributed by atoms with van der Waals surface area (Å²) in [5.74, 6) is -3.86. The fourth-order valence-corrected chi connectivity index (χ4v) is 8.28. The van der Waals surface area contributed by atoms with E-state index in [1.165, 1.54) is 18.0 Å². The molecule has 2 aliphatic rings. The lowest BCUT2D eigenvalue weighted by Crippen LogP contribution is -2.51. The van der Waals surface area contributed by atoms with Crippen LogP contribution in [0.2, 0.25) is 0 Å². The number of likely N-dealkylation sites (N-methyl/N-ethyl adjacent to an activating group) is 1. The zero-order valence-electron chi connectivity index (χ0n) is 34.2. The zero-order chi connectivity index (χ0) is 44.3. The van der Waals surface area contributed by atoms with E-state index in [2.05, 4.69) is 30.3 Å². The Hall–Kier alpha value is -6.76. The number of hydrogen-bond donors (Lipinski definition) is 4. The van der Waals surface area contributed by atoms with Gasteiger partial charge in [-0.25, -0.2) is 27.2 Å². The highest BCUT2D eigenvalue weighted by atomic mass is 32.2. The van der Waals surface area contributed by atoms with Crippen LogP contribution in [0.3, 0.4) is 0 Å². The molecule has 7 rings (SSSR count). The maximum atomic E-state index is 15.6. The highest BCUT2D eigenvalue weighted by molar-refractivity contribution is 7.93. The summed E-state index contributed by atoms with van der Waals surface area (Å²) in [5, 5.41) is 4.86. The Morgan fingerprint density at radius 3 is 2.37 bits per heavy atom. The Kier molecular flexibility index (Phi) is 12.6. The monoisotopic (exact) mass is 869 g/mol. The van der Waals surface area contributed by atoms with Crippen molar-refractivity contribution in [2.24, 2.45) is 0 Å². The normalized spacial score (nSPS) is 16.2. The molecule has 2 unspecified atom stereocenters. The number of carbonyl (C=O) groups is 5. The van der Waals surface area contributed by atoms with Crippen molar-refractivity contribution in [3.8, 4) is 11.1 Å². The predicted octanol–water partition coefficient (Wildman–Crippen LogP) is 4.24. The molecule has 5 aromatic rings. The van der Waals surface area contributed by atoms with Gasteiger partial charge in [-0.05, 0) is 67.8 Å². The summed E-state index contributed by atoms with van der Waals surface area (Å²) >= 11 is 0. The summed E-state index contributed by atoms with van der Waals surface area (Å²) < 4.78 is 58.0. The molecule has 3 aromatic heterocycles. The van der Waals surface area contributed by atoms with Gasteiger partial charge in [-0.1, -0.05) is 19.1 Å². The van der Waals surface area contributed by atoms with Crippen LogP contribution in [-0.4, -0.2) is 114 Å². The number of hydrogen-bond acceptors (Lipinski definition) is 11. The highest BCUT2D eigenvalue weighted by Crippen LogP contribution is 2.30. The number of anilines is 3. The summed E-state index contributed by atoms with van der Waals surface area (Å²) in [6.07, 6.45) is 5.52. The minimum absolute atomic E-state index is 0.0606. The van der Waals surface area contributed by atoms with Crippen molar-refractivity contribution in [1.82, 2.24) is 30.1 Å². The Bertz CT molecular complexity index is 2650. The number of H-pyrrole nitrogens is 1. The third-order valence-corrected chi connectivity index (χ3v) is 13.1. The molecule has 2 aromatic carbocycles. The number of rotatable bonds is 14. The SMILES string of the molecule is CCC(C)S(=O)(=O)Nc1ccc(F)c(C(=O)c2c[nH]c3ncc(-c4ccc(N5CCN(C(=O)CN(C)C(=O)Cc6ccc(NC7CCC(=O)NC7=O)cc6)CC5)nc4)cc23)c1F. The molecule has 0 bridgehead atoms. The van der Waals surface area contributed by atoms with Gasteiger partial charge in [0.25, 0.3) is 0 Å². The fraction of sp³-hybridized carbons (Fsp3) is 0.326. The Morgan fingerprint density at radius 2 is 1.69 bits per heavy atom. The van der Waals surface area contributed by atoms with Gasteiger partial charge in [0, 0.05) is 86.0 Å². The number of pyridine rings is 2. The van der Waals surface area contributed by atoms with Crippen LogP contribution in [0.1, 0.15) is 54.6 Å². The first-order chi connectivity index (χ1) is 29.6. The van der Waals surface area contributed by atoms with E-state index in [4.69, 9.17) is 0 Å². The molecule has 5 heterocycles. The molecule has 62 heavy (non-hydrogen) atoms. The number of piperazine rings is 1. The second-order valence-corrected chi connectivity index (χ2v) is 17.4. The average molecular weight is 870 g/mol. The number of benzene rings is 2. The van der Waals surface area contributed by atoms with E-state index in [-0.39, 0.29) is 55.0 Å². The van der Waals surface area contributed by atoms with Crippen LogP contribution in [0.5, 0.6) is 0 Å². The first-order valence-corrected chi connectivity index (χ1v) is 21.6. The van der Waals surface area contributed by atoms with E-state index in [1.807, 2.05) is 17.0 Å². The first-order valence-electron chi connectivity index (χ1n) is 20.1. The van der Waals surface area contributed by atoms with Gasteiger partial charge >= 0.3 is 0 Å². The number of fused-ring (bicyclic) bond motifs is 1. The number of nitrogens with one attached hydrogen (secondary N) is 4. The van der Waals surface area contributed by atoms with Crippen LogP contribution < -0.4 is 20.3 Å². The molecule has 0 radical (unpaired) electrons. The fourth-order valence-electron chi connectivity index (χ4n) is 7.18. The molecule has 2 atom stereocenters. The summed E-state index contributed by atoms with van der Waals surface area (Å²) in [5.41, 5.74) is 1.46. The largest absolute Gasteiger partial charge is 0.374 e. The summed E-state index contributed by atoms with van der Waals surface area (Å²) in [6.45, 7) is 4.88. The molecule has 2 fully saturated rings. The number of amides is 4. The van der Waals surface area contributed by atoms with Crippen LogP contribution in [-0.2, 0) is 35.6 Å². The van der Waals surface area contributed by atoms with Gasteiger partial charge in [-0.2, -0.15) is 0 Å². The van der Waals surface area contributed by atoms with E-state index in [0.29, 0.717) is 66.3 Å². The molecule has 4 amide bonds. The molecule has 324 valence electrons. The quantitative estimate of drug-likeness (QED) is 0.0918. The van der Waals surface area contributed by atoms with Crippen LogP contribution in [0.25, 0.3) is 22.2 Å². The number of halogens is 2. The average Bonchev–Trinajstić information content (AvgIpc) is 3.69. The molecule has 2 aliphatic heterocycles. The second kappa shape index (κ2) is 18.1. The number of aromatic nitrogens is 3. The number of nitrogens with zero attached hydrogens (tertiary/aromatic N) is 5. The maximum absolute atomic E-state index is 15.6. The van der Waals surface area contributed by atoms with E-state index in [1.54, 1.807) is 61.6 Å². The Balaban J connectivity index is 0.931. The van der Waals surface area contributed by atoms with Crippen LogP contribution in [0, 0.1) is 11.6 Å². The van der Waals surface area contributed by atoms with E-state index in [0.717, 1.165) is 17.7 Å². The lowest BCUT2D eigenvalue weighted by atomic mass is 10.00. The summed E-state index contributed by atoms with van der Waals surface area (Å²) in [6, 6.07) is 13.7. The standard InChI is InChI=1S/C43H45F2N9O7S/c1-4-25(2)62(60,61)51-33-11-10-32(44)39(40(33)45)41(58)31-23-48-42-30(31)20-28(22-47-42)27-7-13-35(46-21-27)53-15-17-54(18-16-53)38(57)24-52(3)37(56)19-26-5-8-29(9-6-26)49-34-12-14-36(55)50-43(34)59/h5-11,13,20-23,25,34,49,51H,4,12,14-19,24H2,1-3H3,(H,47,48)(H,50,55,59). The Labute approximate surface area is 356 Å². The van der Waals surface area contributed by atoms with E-state index < -0.39 is 50.0 Å². The van der Waals surface area contributed by atoms with Gasteiger partial charge in [0.1, 0.15) is 23.3 Å². The summed E-state index contributed by atoms with van der Waals surface area (Å²) in [7, 11) is -2.40. The topological polar surface area (TPSA) is 207 Å². The van der Waals surface area contributed by atoms with Gasteiger partial charge < -0.3 is 25.0 Å². The number of aromatic amines is 1. The van der Waals surface area contributed by atoms with Gasteiger partial charge in [0.2, 0.25) is 39.4 Å². The number of carbonyl (C=O) groups excluding carboxylic acids is 5. The van der Waals surface area contributed by atoms with Crippen molar-refractivity contribution in [2.75, 3.05) is 54.7 Å². The molecular formula is C43H45F2N9O7S. The Morgan fingerprint density at radius 1 is 0.968 bits per heavy atom. The third-order valence-electron chi connectivity index (χ3n) is 11.2. The lowest BCUT2D eigenvalue weighted by molar-refractivity contribution is -0.139. The molecule has 0 saturated carbocycles. The maximum Gasteiger partial charge on any atom is 0.249 e. The molecule has 16 nitrogen and oxygen atoms in total. The number of piperidine rings is 1. The smallest absolute Gasteiger partial charge is 0.249 e. The molecule has 0 spiro atoms. The van der Waals surface area contributed by atoms with Crippen LogP contribution in [0.15, 0.2) is 73.2 Å². The first kappa shape index (κ1) is 43.3. The summed E-state index contributed by atoms with van der Waals surface area (Å²) in [4.78, 5) is 80.3. The molecule has 0 aliphatic carbocycles. The zero-order valence-corrected chi connectivity index (χ0v) is 35.0. The molecular weight excluding hydrogens is 825 g/mol. The van der Waals surface area contributed by atoms with Crippen molar-refractivity contribution in [3.05, 3.63) is 102 Å². The predicted molar refractivity (Wildman–Crippen MR) is 228 cm³/mol. The van der Waals surface area contributed by atoms with Gasteiger partial charge in [0.15, 0.2) is 5.82 Å².